The first kappa shape index (κ1) is 46.7. The van der Waals surface area contributed by atoms with Gasteiger partial charge in [0.1, 0.15) is 12.4 Å². The van der Waals surface area contributed by atoms with E-state index in [0.717, 1.165) is 18.6 Å². The zero-order valence-corrected chi connectivity index (χ0v) is 33.5. The van der Waals surface area contributed by atoms with Gasteiger partial charge in [-0.05, 0) is 46.1 Å². The van der Waals surface area contributed by atoms with Crippen molar-refractivity contribution in [2.75, 3.05) is 119 Å². The molecule has 1 rings (SSSR count). The molecule has 1 N–H and O–H groups in total. The highest BCUT2D eigenvalue weighted by atomic mass is 16.6. The van der Waals surface area contributed by atoms with Gasteiger partial charge in [0.15, 0.2) is 0 Å². The van der Waals surface area contributed by atoms with E-state index in [1.54, 1.807) is 0 Å². The Kier molecular flexibility index (Phi) is 23.9. The molecule has 0 unspecified atom stereocenters. The van der Waals surface area contributed by atoms with Crippen LogP contribution in [0.2, 0.25) is 0 Å². The van der Waals surface area contributed by atoms with Crippen molar-refractivity contribution in [2.45, 2.75) is 92.9 Å². The largest absolute Gasteiger partial charge is 0.491 e. The highest BCUT2D eigenvalue weighted by Crippen LogP contribution is 2.44. The highest BCUT2D eigenvalue weighted by molar-refractivity contribution is 5.44. The maximum absolute atomic E-state index is 8.61. The lowest BCUT2D eigenvalue weighted by atomic mass is 9.68. The fourth-order valence-corrected chi connectivity index (χ4v) is 6.37. The van der Waals surface area contributed by atoms with Gasteiger partial charge < -0.3 is 47.7 Å². The van der Waals surface area contributed by atoms with Crippen molar-refractivity contribution in [3.63, 3.8) is 0 Å². The Morgan fingerprint density at radius 1 is 0.420 bits per heavy atom. The van der Waals surface area contributed by atoms with Crippen molar-refractivity contribution in [1.82, 2.24) is 0 Å². The number of benzene rings is 1. The van der Waals surface area contributed by atoms with Crippen LogP contribution in [0.15, 0.2) is 18.2 Å². The molecule has 0 saturated heterocycles. The summed E-state index contributed by atoms with van der Waals surface area (Å²) in [6, 6.07) is 6.81. The zero-order chi connectivity index (χ0) is 37.4. The minimum atomic E-state index is -0.0372. The van der Waals surface area contributed by atoms with Crippen LogP contribution in [-0.4, -0.2) is 124 Å². The van der Waals surface area contributed by atoms with Crippen LogP contribution in [0.1, 0.15) is 93.2 Å². The smallest absolute Gasteiger partial charge is 0.123 e. The molecule has 1 aromatic carbocycles. The maximum Gasteiger partial charge on any atom is 0.123 e. The fraction of sp³-hybridized carbons (Fsp3) is 0.850. The van der Waals surface area contributed by atoms with Crippen LogP contribution in [0.3, 0.4) is 0 Å². The summed E-state index contributed by atoms with van der Waals surface area (Å²) in [5, 5.41) is 8.61. The summed E-state index contributed by atoms with van der Waals surface area (Å²) in [5.74, 6) is 0.949. The van der Waals surface area contributed by atoms with Gasteiger partial charge in [0.2, 0.25) is 0 Å². The standard InChI is InChI=1S/C40H74O10/c1-37(2,3)32-39(7,8)34-11-12-36(35(31-34)40(9,10)33-38(4,5)6)50-30-29-49-28-27-48-26-25-47-24-23-46-22-21-45-20-19-44-18-17-43-16-15-42-14-13-41/h11-12,31,41H,13-30,32-33H2,1-10H3. The summed E-state index contributed by atoms with van der Waals surface area (Å²) < 4.78 is 50.2. The van der Waals surface area contributed by atoms with Gasteiger partial charge in [-0.25, -0.2) is 0 Å². The molecule has 10 heteroatoms. The van der Waals surface area contributed by atoms with E-state index < -0.39 is 0 Å². The summed E-state index contributed by atoms with van der Waals surface area (Å²) in [4.78, 5) is 0. The zero-order valence-electron chi connectivity index (χ0n) is 33.5. The Bertz CT molecular complexity index is 968. The average molecular weight is 715 g/mol. The average Bonchev–Trinajstić information content (AvgIpc) is 3.00. The minimum Gasteiger partial charge on any atom is -0.491 e. The van der Waals surface area contributed by atoms with E-state index in [-0.39, 0.29) is 28.3 Å². The van der Waals surface area contributed by atoms with Gasteiger partial charge >= 0.3 is 0 Å². The molecule has 50 heavy (non-hydrogen) atoms. The van der Waals surface area contributed by atoms with Crippen molar-refractivity contribution < 1.29 is 47.7 Å². The van der Waals surface area contributed by atoms with Crippen LogP contribution in [0.4, 0.5) is 0 Å². The van der Waals surface area contributed by atoms with Gasteiger partial charge in [0, 0.05) is 5.56 Å². The van der Waals surface area contributed by atoms with Crippen molar-refractivity contribution in [2.24, 2.45) is 10.8 Å². The third-order valence-corrected chi connectivity index (χ3v) is 7.76. The first-order valence-corrected chi connectivity index (χ1v) is 18.6. The maximum atomic E-state index is 8.61. The lowest BCUT2D eigenvalue weighted by Gasteiger charge is -2.37. The third kappa shape index (κ3) is 24.0. The molecule has 0 fully saturated rings. The highest BCUT2D eigenvalue weighted by Gasteiger charge is 2.33. The second-order valence-corrected chi connectivity index (χ2v) is 16.4. The Morgan fingerprint density at radius 2 is 0.740 bits per heavy atom. The molecular formula is C40H74O10. The molecule has 0 amide bonds. The molecule has 0 radical (unpaired) electrons. The fourth-order valence-electron chi connectivity index (χ4n) is 6.37. The normalized spacial score (nSPS) is 12.9. The lowest BCUT2D eigenvalue weighted by Crippen LogP contribution is -2.28. The SMILES string of the molecule is CC(C)(C)CC(C)(C)c1ccc(OCCOCCOCCOCCOCCOCCOCCOCCOCCO)c(C(C)(C)CC(C)(C)C)c1. The Morgan fingerprint density at radius 3 is 1.08 bits per heavy atom. The molecule has 10 nitrogen and oxygen atoms in total. The molecule has 0 aliphatic rings. The van der Waals surface area contributed by atoms with E-state index >= 15 is 0 Å². The number of aliphatic hydroxyl groups excluding tert-OH is 1. The van der Waals surface area contributed by atoms with Crippen LogP contribution in [0.25, 0.3) is 0 Å². The first-order valence-electron chi connectivity index (χ1n) is 18.6. The van der Waals surface area contributed by atoms with Crippen molar-refractivity contribution in [3.05, 3.63) is 29.3 Å². The summed E-state index contributed by atoms with van der Waals surface area (Å²) in [6.45, 7) is 31.7. The van der Waals surface area contributed by atoms with E-state index in [1.165, 1.54) is 11.1 Å². The molecule has 0 aliphatic carbocycles. The Labute approximate surface area is 305 Å². The summed E-state index contributed by atoms with van der Waals surface area (Å²) in [7, 11) is 0. The number of hydrogen-bond donors (Lipinski definition) is 1. The van der Waals surface area contributed by atoms with Gasteiger partial charge in [-0.15, -0.1) is 0 Å². The quantitative estimate of drug-likeness (QED) is 0.0845. The molecule has 0 bridgehead atoms. The number of hydrogen-bond acceptors (Lipinski definition) is 10. The summed E-state index contributed by atoms with van der Waals surface area (Å²) in [6.07, 6.45) is 2.16. The van der Waals surface area contributed by atoms with Gasteiger partial charge in [0.25, 0.3) is 0 Å². The summed E-state index contributed by atoms with van der Waals surface area (Å²) in [5.41, 5.74) is 3.10. The Hall–Kier alpha value is -1.34. The van der Waals surface area contributed by atoms with E-state index in [4.69, 9.17) is 47.7 Å². The van der Waals surface area contributed by atoms with Crippen molar-refractivity contribution in [1.29, 1.82) is 0 Å². The molecule has 0 aliphatic heterocycles. The Balaban J connectivity index is 2.15. The number of ether oxygens (including phenoxy) is 9. The van der Waals surface area contributed by atoms with Crippen LogP contribution in [0, 0.1) is 10.8 Å². The minimum absolute atomic E-state index is 0.0270. The van der Waals surface area contributed by atoms with Gasteiger partial charge in [-0.3, -0.25) is 0 Å². The molecular weight excluding hydrogens is 640 g/mol. The van der Waals surface area contributed by atoms with E-state index in [2.05, 4.69) is 87.4 Å². The molecule has 0 heterocycles. The topological polar surface area (TPSA) is 103 Å². The number of rotatable bonds is 31. The molecule has 0 atom stereocenters. The predicted octanol–water partition coefficient (Wildman–Crippen LogP) is 6.62. The predicted molar refractivity (Wildman–Crippen MR) is 200 cm³/mol. The van der Waals surface area contributed by atoms with Crippen LogP contribution in [-0.2, 0) is 48.7 Å². The second-order valence-electron chi connectivity index (χ2n) is 16.4. The third-order valence-electron chi connectivity index (χ3n) is 7.76. The van der Waals surface area contributed by atoms with E-state index in [9.17, 15) is 0 Å². The second kappa shape index (κ2) is 25.6. The van der Waals surface area contributed by atoms with Crippen LogP contribution >= 0.6 is 0 Å². The van der Waals surface area contributed by atoms with E-state index in [0.29, 0.717) is 112 Å². The van der Waals surface area contributed by atoms with Gasteiger partial charge in [-0.2, -0.15) is 0 Å². The van der Waals surface area contributed by atoms with Crippen LogP contribution < -0.4 is 4.74 Å². The van der Waals surface area contributed by atoms with Gasteiger partial charge in [-0.1, -0.05) is 81.4 Å². The molecule has 0 saturated carbocycles. The first-order chi connectivity index (χ1) is 23.6. The number of aliphatic hydroxyl groups is 1. The molecule has 294 valence electrons. The summed E-state index contributed by atoms with van der Waals surface area (Å²) >= 11 is 0. The van der Waals surface area contributed by atoms with E-state index in [1.807, 2.05) is 0 Å². The van der Waals surface area contributed by atoms with Crippen molar-refractivity contribution >= 4 is 0 Å². The molecule has 0 aromatic heterocycles. The monoisotopic (exact) mass is 715 g/mol. The van der Waals surface area contributed by atoms with Crippen molar-refractivity contribution in [3.8, 4) is 5.75 Å². The van der Waals surface area contributed by atoms with Crippen LogP contribution in [0.5, 0.6) is 5.75 Å². The lowest BCUT2D eigenvalue weighted by molar-refractivity contribution is -0.0242. The molecule has 0 spiro atoms. The molecule has 1 aromatic rings. The van der Waals surface area contributed by atoms with Gasteiger partial charge in [0.05, 0.1) is 112 Å².